The lowest BCUT2D eigenvalue weighted by molar-refractivity contribution is -0.137. The Labute approximate surface area is 96.7 Å². The first-order chi connectivity index (χ1) is 7.36. The summed E-state index contributed by atoms with van der Waals surface area (Å²) < 4.78 is 37.0. The van der Waals surface area contributed by atoms with Crippen molar-refractivity contribution in [3.05, 3.63) is 27.7 Å². The number of aromatic hydroxyl groups is 1. The zero-order chi connectivity index (χ0) is 12.3. The Morgan fingerprint density at radius 1 is 1.44 bits per heavy atom. The molecule has 0 aliphatic heterocycles. The van der Waals surface area contributed by atoms with Crippen molar-refractivity contribution in [1.82, 2.24) is 0 Å². The van der Waals surface area contributed by atoms with Gasteiger partial charge in [-0.05, 0) is 12.1 Å². The highest BCUT2D eigenvalue weighted by Gasteiger charge is 2.32. The largest absolute Gasteiger partial charge is 0.508 e. The van der Waals surface area contributed by atoms with Crippen molar-refractivity contribution in [2.45, 2.75) is 12.7 Å². The summed E-state index contributed by atoms with van der Waals surface area (Å²) in [6.45, 7) is -0.228. The van der Waals surface area contributed by atoms with Crippen LogP contribution in [0, 0.1) is 0 Å². The van der Waals surface area contributed by atoms with E-state index in [0.29, 0.717) is 6.07 Å². The first kappa shape index (κ1) is 12.7. The van der Waals surface area contributed by atoms with Gasteiger partial charge in [-0.1, -0.05) is 15.9 Å². The molecule has 0 unspecified atom stereocenters. The van der Waals surface area contributed by atoms with Crippen LogP contribution in [0.1, 0.15) is 11.1 Å². The molecule has 0 saturated carbocycles. The fourth-order valence-corrected chi connectivity index (χ4v) is 1.63. The zero-order valence-electron chi connectivity index (χ0n) is 7.68. The molecule has 0 atom stereocenters. The number of isocyanates is 1. The third-order valence-corrected chi connectivity index (χ3v) is 2.51. The Kier molecular flexibility index (Phi) is 3.72. The summed E-state index contributed by atoms with van der Waals surface area (Å²) in [7, 11) is 0. The first-order valence-electron chi connectivity index (χ1n) is 3.98. The minimum absolute atomic E-state index is 0.0406. The zero-order valence-corrected chi connectivity index (χ0v) is 9.26. The summed E-state index contributed by atoms with van der Waals surface area (Å²) in [5.74, 6) is -0.569. The van der Waals surface area contributed by atoms with Crippen LogP contribution in [-0.4, -0.2) is 11.2 Å². The van der Waals surface area contributed by atoms with Gasteiger partial charge in [-0.2, -0.15) is 13.2 Å². The van der Waals surface area contributed by atoms with E-state index in [-0.39, 0.29) is 16.6 Å². The highest BCUT2D eigenvalue weighted by molar-refractivity contribution is 9.10. The second-order valence-corrected chi connectivity index (χ2v) is 3.72. The smallest absolute Gasteiger partial charge is 0.416 e. The summed E-state index contributed by atoms with van der Waals surface area (Å²) in [4.78, 5) is 13.0. The lowest BCUT2D eigenvalue weighted by Gasteiger charge is -2.10. The van der Waals surface area contributed by atoms with Crippen LogP contribution in [-0.2, 0) is 17.5 Å². The molecule has 0 spiro atoms. The number of nitrogens with zero attached hydrogens (tertiary/aromatic N) is 1. The Morgan fingerprint density at radius 3 is 2.50 bits per heavy atom. The lowest BCUT2D eigenvalue weighted by Crippen LogP contribution is -2.05. The summed E-state index contributed by atoms with van der Waals surface area (Å²) in [6, 6.07) is 1.40. The fraction of sp³-hybridized carbons (Fsp3) is 0.222. The molecule has 86 valence electrons. The Balaban J connectivity index is 3.22. The van der Waals surface area contributed by atoms with Crippen molar-refractivity contribution < 1.29 is 23.1 Å². The minimum atomic E-state index is -4.54. The predicted octanol–water partition coefficient (Wildman–Crippen LogP) is 3.01. The van der Waals surface area contributed by atoms with Crippen LogP contribution < -0.4 is 0 Å². The third kappa shape index (κ3) is 2.84. The molecule has 0 bridgehead atoms. The van der Waals surface area contributed by atoms with Gasteiger partial charge in [-0.25, -0.2) is 9.79 Å². The molecule has 0 aromatic heterocycles. The molecule has 1 aromatic carbocycles. The average Bonchev–Trinajstić information content (AvgIpc) is 2.15. The minimum Gasteiger partial charge on any atom is -0.508 e. The quantitative estimate of drug-likeness (QED) is 0.673. The Morgan fingerprint density at radius 2 is 2.06 bits per heavy atom. The normalized spacial score (nSPS) is 11.0. The van der Waals surface area contributed by atoms with Crippen LogP contribution in [0.25, 0.3) is 0 Å². The van der Waals surface area contributed by atoms with E-state index in [1.54, 1.807) is 0 Å². The van der Waals surface area contributed by atoms with Crippen molar-refractivity contribution in [1.29, 1.82) is 0 Å². The van der Waals surface area contributed by atoms with Gasteiger partial charge in [0.2, 0.25) is 6.08 Å². The van der Waals surface area contributed by atoms with E-state index >= 15 is 0 Å². The van der Waals surface area contributed by atoms with Crippen LogP contribution in [0.5, 0.6) is 5.75 Å². The van der Waals surface area contributed by atoms with Crippen LogP contribution in [0.4, 0.5) is 13.2 Å². The van der Waals surface area contributed by atoms with Gasteiger partial charge in [-0.3, -0.25) is 0 Å². The molecule has 0 fully saturated rings. The predicted molar refractivity (Wildman–Crippen MR) is 52.6 cm³/mol. The number of halogens is 4. The summed E-state index contributed by atoms with van der Waals surface area (Å²) in [5.41, 5.74) is -0.868. The van der Waals surface area contributed by atoms with Crippen LogP contribution >= 0.6 is 15.9 Å². The highest BCUT2D eigenvalue weighted by atomic mass is 79.9. The number of carbonyl (C=O) groups excluding carboxylic acids is 1. The number of hydrogen-bond acceptors (Lipinski definition) is 3. The topological polar surface area (TPSA) is 49.7 Å². The SMILES string of the molecule is O=C=NCc1c(O)cc(C(F)(F)F)cc1Br. The van der Waals surface area contributed by atoms with Crippen LogP contribution in [0.15, 0.2) is 21.6 Å². The monoisotopic (exact) mass is 295 g/mol. The summed E-state index contributed by atoms with van der Waals surface area (Å²) in [5, 5.41) is 9.34. The maximum atomic E-state index is 12.3. The lowest BCUT2D eigenvalue weighted by atomic mass is 10.1. The first-order valence-corrected chi connectivity index (χ1v) is 4.77. The summed E-state index contributed by atoms with van der Waals surface area (Å²) in [6.07, 6.45) is -3.30. The maximum Gasteiger partial charge on any atom is 0.416 e. The third-order valence-electron chi connectivity index (χ3n) is 1.80. The van der Waals surface area contributed by atoms with E-state index in [1.807, 2.05) is 0 Å². The fourth-order valence-electron chi connectivity index (χ4n) is 1.05. The molecule has 1 N–H and O–H groups in total. The molecule has 0 aliphatic carbocycles. The molecule has 16 heavy (non-hydrogen) atoms. The second-order valence-electron chi connectivity index (χ2n) is 2.86. The molecule has 1 aromatic rings. The van der Waals surface area contributed by atoms with Crippen LogP contribution in [0.3, 0.4) is 0 Å². The van der Waals surface area contributed by atoms with E-state index < -0.39 is 17.5 Å². The number of phenols is 1. The van der Waals surface area contributed by atoms with E-state index in [2.05, 4.69) is 20.9 Å². The van der Waals surface area contributed by atoms with Gasteiger partial charge in [0.25, 0.3) is 0 Å². The Bertz CT molecular complexity index is 430. The average molecular weight is 296 g/mol. The van der Waals surface area contributed by atoms with E-state index in [4.69, 9.17) is 0 Å². The molecule has 0 heterocycles. The van der Waals surface area contributed by atoms with Crippen molar-refractivity contribution in [3.63, 3.8) is 0 Å². The number of aliphatic imine (C=N–C) groups is 1. The van der Waals surface area contributed by atoms with Gasteiger partial charge in [0.1, 0.15) is 5.75 Å². The van der Waals surface area contributed by atoms with Crippen molar-refractivity contribution in [2.24, 2.45) is 4.99 Å². The Hall–Kier alpha value is -1.33. The van der Waals surface area contributed by atoms with Crippen molar-refractivity contribution >= 4 is 22.0 Å². The molecule has 0 radical (unpaired) electrons. The molecular formula is C9H5BrF3NO2. The maximum absolute atomic E-state index is 12.3. The molecule has 1 rings (SSSR count). The molecule has 3 nitrogen and oxygen atoms in total. The van der Waals surface area contributed by atoms with Gasteiger partial charge in [0, 0.05) is 10.0 Å². The van der Waals surface area contributed by atoms with Crippen LogP contribution in [0.2, 0.25) is 0 Å². The van der Waals surface area contributed by atoms with Crippen molar-refractivity contribution in [2.75, 3.05) is 0 Å². The van der Waals surface area contributed by atoms with Gasteiger partial charge >= 0.3 is 6.18 Å². The summed E-state index contributed by atoms with van der Waals surface area (Å²) >= 11 is 2.87. The molecule has 0 amide bonds. The molecule has 0 saturated heterocycles. The standard InChI is InChI=1S/C9H5BrF3NO2/c10-7-1-5(9(11,12)13)2-8(16)6(7)3-14-4-15/h1-2,16H,3H2. The van der Waals surface area contributed by atoms with Gasteiger partial charge in [0.05, 0.1) is 12.1 Å². The number of alkyl halides is 3. The second kappa shape index (κ2) is 4.67. The van der Waals surface area contributed by atoms with E-state index in [0.717, 1.165) is 6.07 Å². The van der Waals surface area contributed by atoms with Crippen molar-refractivity contribution in [3.8, 4) is 5.75 Å². The molecule has 0 aliphatic rings. The molecular weight excluding hydrogens is 291 g/mol. The number of hydrogen-bond donors (Lipinski definition) is 1. The van der Waals surface area contributed by atoms with Gasteiger partial charge in [0.15, 0.2) is 0 Å². The number of rotatable bonds is 2. The number of benzene rings is 1. The van der Waals surface area contributed by atoms with Gasteiger partial charge < -0.3 is 5.11 Å². The number of phenolic OH excluding ortho intramolecular Hbond substituents is 1. The van der Waals surface area contributed by atoms with E-state index in [1.165, 1.54) is 6.08 Å². The van der Waals surface area contributed by atoms with Gasteiger partial charge in [-0.15, -0.1) is 0 Å². The highest BCUT2D eigenvalue weighted by Crippen LogP contribution is 2.36. The van der Waals surface area contributed by atoms with E-state index in [9.17, 15) is 23.1 Å². The molecule has 7 heteroatoms.